The average molecular weight is 242 g/mol. The van der Waals surface area contributed by atoms with Crippen LogP contribution in [-0.4, -0.2) is 23.6 Å². The van der Waals surface area contributed by atoms with Gasteiger partial charge in [-0.05, 0) is 30.7 Å². The van der Waals surface area contributed by atoms with Gasteiger partial charge in [-0.2, -0.15) is 0 Å². The van der Waals surface area contributed by atoms with Crippen molar-refractivity contribution >= 4 is 11.4 Å². The van der Waals surface area contributed by atoms with Crippen molar-refractivity contribution in [3.8, 4) is 0 Å². The summed E-state index contributed by atoms with van der Waals surface area (Å²) in [6, 6.07) is 6.16. The minimum absolute atomic E-state index is 0.847. The van der Waals surface area contributed by atoms with E-state index in [1.807, 2.05) is 36.9 Å². The first kappa shape index (κ1) is 12.4. The van der Waals surface area contributed by atoms with Crippen LogP contribution in [-0.2, 0) is 6.54 Å². The molecule has 0 amide bonds. The number of rotatable bonds is 5. The first-order valence-electron chi connectivity index (χ1n) is 6.08. The monoisotopic (exact) mass is 242 g/mol. The number of nitrogens with one attached hydrogen (secondary N) is 1. The zero-order valence-electron chi connectivity index (χ0n) is 10.8. The van der Waals surface area contributed by atoms with Crippen molar-refractivity contribution in [1.29, 1.82) is 0 Å². The zero-order chi connectivity index (χ0) is 12.8. The molecule has 0 bridgehead atoms. The van der Waals surface area contributed by atoms with Crippen molar-refractivity contribution in [2.24, 2.45) is 0 Å². The maximum atomic E-state index is 4.25. The molecule has 0 aliphatic heterocycles. The second kappa shape index (κ2) is 6.00. The first-order valence-corrected chi connectivity index (χ1v) is 6.08. The molecule has 0 saturated heterocycles. The number of aromatic nitrogens is 2. The van der Waals surface area contributed by atoms with Gasteiger partial charge < -0.3 is 10.2 Å². The van der Waals surface area contributed by atoms with Gasteiger partial charge in [0.25, 0.3) is 0 Å². The van der Waals surface area contributed by atoms with E-state index < -0.39 is 0 Å². The van der Waals surface area contributed by atoms with E-state index in [9.17, 15) is 0 Å². The molecule has 0 aliphatic carbocycles. The minimum Gasteiger partial charge on any atom is -0.384 e. The highest BCUT2D eigenvalue weighted by Gasteiger charge is 2.03. The Morgan fingerprint density at radius 3 is 2.67 bits per heavy atom. The van der Waals surface area contributed by atoms with Crippen molar-refractivity contribution < 1.29 is 0 Å². The van der Waals surface area contributed by atoms with Crippen LogP contribution in [0.4, 0.5) is 11.4 Å². The maximum Gasteiger partial charge on any atom is 0.0573 e. The Labute approximate surface area is 108 Å². The Hall–Kier alpha value is -2.10. The molecule has 0 spiro atoms. The largest absolute Gasteiger partial charge is 0.384 e. The quantitative estimate of drug-likeness (QED) is 0.874. The van der Waals surface area contributed by atoms with E-state index >= 15 is 0 Å². The van der Waals surface area contributed by atoms with Crippen LogP contribution in [0.1, 0.15) is 12.5 Å². The highest BCUT2D eigenvalue weighted by atomic mass is 15.1. The van der Waals surface area contributed by atoms with Crippen LogP contribution in [0.3, 0.4) is 0 Å². The fraction of sp³-hybridized carbons (Fsp3) is 0.286. The molecule has 0 unspecified atom stereocenters. The van der Waals surface area contributed by atoms with Crippen LogP contribution in [0.2, 0.25) is 0 Å². The Kier molecular flexibility index (Phi) is 4.12. The third-order valence-electron chi connectivity index (χ3n) is 2.71. The van der Waals surface area contributed by atoms with Crippen LogP contribution in [0.15, 0.2) is 43.0 Å². The predicted octanol–water partition coefficient (Wildman–Crippen LogP) is 2.54. The fourth-order valence-electron chi connectivity index (χ4n) is 1.79. The Balaban J connectivity index is 2.08. The Morgan fingerprint density at radius 2 is 1.94 bits per heavy atom. The standard InChI is InChI=1S/C14H18N4/c1-3-17-13-8-14(10-16-9-13)18(2)11-12-4-6-15-7-5-12/h4-10,17H,3,11H2,1-2H3. The summed E-state index contributed by atoms with van der Waals surface area (Å²) in [5.74, 6) is 0. The van der Waals surface area contributed by atoms with Crippen LogP contribution >= 0.6 is 0 Å². The SMILES string of the molecule is CCNc1cncc(N(C)Cc2ccncc2)c1. The van der Waals surface area contributed by atoms with E-state index in [1.165, 1.54) is 5.56 Å². The van der Waals surface area contributed by atoms with Gasteiger partial charge in [-0.3, -0.25) is 9.97 Å². The molecule has 2 aromatic rings. The summed E-state index contributed by atoms with van der Waals surface area (Å²) in [6.45, 7) is 3.83. The van der Waals surface area contributed by atoms with Gasteiger partial charge in [0.1, 0.15) is 0 Å². The molecule has 94 valence electrons. The summed E-state index contributed by atoms with van der Waals surface area (Å²) in [5.41, 5.74) is 3.39. The highest BCUT2D eigenvalue weighted by Crippen LogP contribution is 2.18. The molecule has 0 aliphatic rings. The normalized spacial score (nSPS) is 10.1. The summed E-state index contributed by atoms with van der Waals surface area (Å²) >= 11 is 0. The van der Waals surface area contributed by atoms with E-state index in [0.717, 1.165) is 24.5 Å². The Morgan fingerprint density at radius 1 is 1.17 bits per heavy atom. The summed E-state index contributed by atoms with van der Waals surface area (Å²) in [6.07, 6.45) is 7.35. The lowest BCUT2D eigenvalue weighted by Crippen LogP contribution is -2.16. The number of hydrogen-bond donors (Lipinski definition) is 1. The van der Waals surface area contributed by atoms with Gasteiger partial charge in [0.05, 0.1) is 23.8 Å². The van der Waals surface area contributed by atoms with Crippen LogP contribution in [0.5, 0.6) is 0 Å². The summed E-state index contributed by atoms with van der Waals surface area (Å²) in [5, 5.41) is 3.27. The van der Waals surface area contributed by atoms with Gasteiger partial charge in [0.2, 0.25) is 0 Å². The van der Waals surface area contributed by atoms with Gasteiger partial charge in [0, 0.05) is 32.5 Å². The van der Waals surface area contributed by atoms with Gasteiger partial charge in [-0.25, -0.2) is 0 Å². The van der Waals surface area contributed by atoms with Gasteiger partial charge in [-0.15, -0.1) is 0 Å². The highest BCUT2D eigenvalue weighted by molar-refractivity contribution is 5.55. The molecule has 18 heavy (non-hydrogen) atoms. The molecule has 0 atom stereocenters. The lowest BCUT2D eigenvalue weighted by molar-refractivity contribution is 0.914. The molecular weight excluding hydrogens is 224 g/mol. The number of pyridine rings is 2. The molecule has 2 rings (SSSR count). The summed E-state index contributed by atoms with van der Waals surface area (Å²) < 4.78 is 0. The van der Waals surface area contributed by atoms with Crippen molar-refractivity contribution in [2.45, 2.75) is 13.5 Å². The van der Waals surface area contributed by atoms with Crippen LogP contribution in [0.25, 0.3) is 0 Å². The molecule has 4 heteroatoms. The fourth-order valence-corrected chi connectivity index (χ4v) is 1.79. The van der Waals surface area contributed by atoms with Crippen LogP contribution < -0.4 is 10.2 Å². The smallest absolute Gasteiger partial charge is 0.0573 e. The van der Waals surface area contributed by atoms with E-state index in [2.05, 4.69) is 40.2 Å². The molecule has 0 radical (unpaired) electrons. The lowest BCUT2D eigenvalue weighted by atomic mass is 10.2. The molecule has 0 fully saturated rings. The summed E-state index contributed by atoms with van der Waals surface area (Å²) in [7, 11) is 2.06. The molecule has 4 nitrogen and oxygen atoms in total. The second-order valence-corrected chi connectivity index (χ2v) is 4.17. The predicted molar refractivity (Wildman–Crippen MR) is 74.7 cm³/mol. The maximum absolute atomic E-state index is 4.25. The molecule has 0 aromatic carbocycles. The second-order valence-electron chi connectivity index (χ2n) is 4.17. The lowest BCUT2D eigenvalue weighted by Gasteiger charge is -2.19. The van der Waals surface area contributed by atoms with Crippen molar-refractivity contribution in [3.63, 3.8) is 0 Å². The Bertz CT molecular complexity index is 484. The van der Waals surface area contributed by atoms with Crippen molar-refractivity contribution in [2.75, 3.05) is 23.8 Å². The number of hydrogen-bond acceptors (Lipinski definition) is 4. The van der Waals surface area contributed by atoms with Crippen molar-refractivity contribution in [3.05, 3.63) is 48.5 Å². The number of nitrogens with zero attached hydrogens (tertiary/aromatic N) is 3. The van der Waals surface area contributed by atoms with E-state index in [4.69, 9.17) is 0 Å². The summed E-state index contributed by atoms with van der Waals surface area (Å²) in [4.78, 5) is 10.4. The first-order chi connectivity index (χ1) is 8.79. The molecular formula is C14H18N4. The molecule has 2 heterocycles. The van der Waals surface area contributed by atoms with E-state index in [1.54, 1.807) is 0 Å². The topological polar surface area (TPSA) is 41.1 Å². The van der Waals surface area contributed by atoms with Gasteiger partial charge in [0.15, 0.2) is 0 Å². The average Bonchev–Trinajstić information content (AvgIpc) is 2.40. The third kappa shape index (κ3) is 3.20. The molecule has 2 aromatic heterocycles. The molecule has 0 saturated carbocycles. The van der Waals surface area contributed by atoms with Gasteiger partial charge in [-0.1, -0.05) is 0 Å². The third-order valence-corrected chi connectivity index (χ3v) is 2.71. The van der Waals surface area contributed by atoms with E-state index in [0.29, 0.717) is 0 Å². The molecule has 1 N–H and O–H groups in total. The van der Waals surface area contributed by atoms with Gasteiger partial charge >= 0.3 is 0 Å². The van der Waals surface area contributed by atoms with E-state index in [-0.39, 0.29) is 0 Å². The minimum atomic E-state index is 0.847. The van der Waals surface area contributed by atoms with Crippen LogP contribution in [0, 0.1) is 0 Å². The van der Waals surface area contributed by atoms with Crippen molar-refractivity contribution in [1.82, 2.24) is 9.97 Å². The number of anilines is 2. The zero-order valence-corrected chi connectivity index (χ0v) is 10.8.